The molecule has 0 spiro atoms. The number of hydrogen-bond acceptors (Lipinski definition) is 4. The fraction of sp³-hybridized carbons (Fsp3) is 0.467. The molecule has 0 aliphatic rings. The first-order valence-corrected chi connectivity index (χ1v) is 7.81. The summed E-state index contributed by atoms with van der Waals surface area (Å²) < 4.78 is 5.68. The fourth-order valence-electron chi connectivity index (χ4n) is 1.81. The predicted octanol–water partition coefficient (Wildman–Crippen LogP) is -0.0783. The maximum atomic E-state index is 5.68. The van der Waals surface area contributed by atoms with Crippen LogP contribution in [-0.4, -0.2) is 10.2 Å². The van der Waals surface area contributed by atoms with Gasteiger partial charge in [-0.3, -0.25) is 0 Å². The lowest BCUT2D eigenvalue weighted by atomic mass is 10.1. The van der Waals surface area contributed by atoms with E-state index < -0.39 is 0 Å². The lowest BCUT2D eigenvalue weighted by Gasteiger charge is -2.06. The maximum Gasteiger partial charge on any atom is 0.277 e. The molecule has 3 N–H and O–H groups in total. The van der Waals surface area contributed by atoms with Gasteiger partial charge in [-0.25, -0.2) is 0 Å². The zero-order chi connectivity index (χ0) is 14.7. The van der Waals surface area contributed by atoms with Crippen LogP contribution < -0.4 is 18.1 Å². The van der Waals surface area contributed by atoms with Crippen molar-refractivity contribution in [2.45, 2.75) is 44.7 Å². The Kier molecular flexibility index (Phi) is 6.71. The molecule has 1 aromatic heterocycles. The van der Waals surface area contributed by atoms with Gasteiger partial charge in [0.15, 0.2) is 6.04 Å². The highest BCUT2D eigenvalue weighted by molar-refractivity contribution is 7.98. The number of nitrogens with zero attached hydrogens (tertiary/aromatic N) is 2. The van der Waals surface area contributed by atoms with Crippen molar-refractivity contribution in [1.82, 2.24) is 10.2 Å². The van der Waals surface area contributed by atoms with E-state index in [0.29, 0.717) is 17.0 Å². The molecule has 0 bridgehead atoms. The Labute approximate surface area is 136 Å². The van der Waals surface area contributed by atoms with Crippen molar-refractivity contribution >= 4 is 11.8 Å². The summed E-state index contributed by atoms with van der Waals surface area (Å²) in [5.41, 5.74) is 7.93. The second-order valence-corrected chi connectivity index (χ2v) is 6.40. The molecule has 4 nitrogen and oxygen atoms in total. The summed E-state index contributed by atoms with van der Waals surface area (Å²) in [6.07, 6.45) is 0. The molecule has 0 fully saturated rings. The summed E-state index contributed by atoms with van der Waals surface area (Å²) in [6.45, 7) is 8.43. The molecule has 2 aromatic rings. The topological polar surface area (TPSA) is 66.6 Å². The first kappa shape index (κ1) is 18.0. The molecular weight excluding hydrogens is 306 g/mol. The molecule has 0 amide bonds. The minimum Gasteiger partial charge on any atom is -1.00 e. The van der Waals surface area contributed by atoms with E-state index in [4.69, 9.17) is 4.42 Å². The van der Waals surface area contributed by atoms with Gasteiger partial charge >= 0.3 is 0 Å². The van der Waals surface area contributed by atoms with Crippen LogP contribution in [-0.2, 0) is 5.75 Å². The van der Waals surface area contributed by atoms with E-state index >= 15 is 0 Å². The standard InChI is InChI=1S/C15H21N3OS.ClH/c1-9(2)13(16)14-17-18-15(19-14)20-8-12-7-10(3)5-6-11(12)4;/h5-7,9,13H,8,16H2,1-4H3;1H/t13-;/m0./s1. The lowest BCUT2D eigenvalue weighted by molar-refractivity contribution is -0.443. The van der Waals surface area contributed by atoms with Crippen molar-refractivity contribution in [3.05, 3.63) is 40.8 Å². The summed E-state index contributed by atoms with van der Waals surface area (Å²) >= 11 is 1.58. The van der Waals surface area contributed by atoms with Crippen LogP contribution in [0.5, 0.6) is 0 Å². The zero-order valence-corrected chi connectivity index (χ0v) is 14.5. The number of quaternary nitrogens is 1. The first-order valence-electron chi connectivity index (χ1n) is 6.82. The van der Waals surface area contributed by atoms with E-state index in [1.54, 1.807) is 11.8 Å². The van der Waals surface area contributed by atoms with E-state index in [1.165, 1.54) is 16.7 Å². The van der Waals surface area contributed by atoms with Gasteiger partial charge in [0.25, 0.3) is 11.1 Å². The van der Waals surface area contributed by atoms with Crippen LogP contribution >= 0.6 is 11.8 Å². The molecule has 21 heavy (non-hydrogen) atoms. The van der Waals surface area contributed by atoms with Crippen molar-refractivity contribution in [2.24, 2.45) is 5.92 Å². The van der Waals surface area contributed by atoms with Crippen LogP contribution in [0.1, 0.15) is 42.5 Å². The Morgan fingerprint density at radius 3 is 2.62 bits per heavy atom. The van der Waals surface area contributed by atoms with Gasteiger partial charge in [0.05, 0.1) is 0 Å². The van der Waals surface area contributed by atoms with Crippen molar-refractivity contribution in [2.75, 3.05) is 0 Å². The number of hydrogen-bond donors (Lipinski definition) is 1. The lowest BCUT2D eigenvalue weighted by Crippen LogP contribution is -3.00. The quantitative estimate of drug-likeness (QED) is 0.780. The monoisotopic (exact) mass is 327 g/mol. The Morgan fingerprint density at radius 1 is 1.24 bits per heavy atom. The first-order chi connectivity index (χ1) is 9.47. The zero-order valence-electron chi connectivity index (χ0n) is 12.9. The fourth-order valence-corrected chi connectivity index (χ4v) is 2.64. The van der Waals surface area contributed by atoms with Crippen LogP contribution in [0.2, 0.25) is 0 Å². The summed E-state index contributed by atoms with van der Waals surface area (Å²) in [6, 6.07) is 6.54. The van der Waals surface area contributed by atoms with E-state index in [0.717, 1.165) is 5.75 Å². The van der Waals surface area contributed by atoms with Crippen LogP contribution in [0.3, 0.4) is 0 Å². The Bertz CT molecular complexity index is 586. The molecule has 116 valence electrons. The van der Waals surface area contributed by atoms with Gasteiger partial charge < -0.3 is 22.6 Å². The highest BCUT2D eigenvalue weighted by Gasteiger charge is 2.21. The normalized spacial score (nSPS) is 12.3. The second-order valence-electron chi connectivity index (χ2n) is 5.48. The molecule has 0 unspecified atom stereocenters. The van der Waals surface area contributed by atoms with Gasteiger partial charge in [-0.1, -0.05) is 49.4 Å². The van der Waals surface area contributed by atoms with Crippen LogP contribution in [0.25, 0.3) is 0 Å². The third-order valence-corrected chi connectivity index (χ3v) is 4.27. The number of aromatic nitrogens is 2. The molecular formula is C15H22ClN3OS. The molecule has 0 radical (unpaired) electrons. The van der Waals surface area contributed by atoms with E-state index in [1.807, 2.05) is 0 Å². The molecule has 1 heterocycles. The maximum absolute atomic E-state index is 5.68. The molecule has 0 aliphatic heterocycles. The van der Waals surface area contributed by atoms with Gasteiger partial charge in [-0.2, -0.15) is 0 Å². The van der Waals surface area contributed by atoms with Gasteiger partial charge in [0.1, 0.15) is 0 Å². The van der Waals surface area contributed by atoms with E-state index in [2.05, 4.69) is 61.8 Å². The molecule has 1 atom stereocenters. The van der Waals surface area contributed by atoms with Crippen LogP contribution in [0.4, 0.5) is 0 Å². The molecule has 6 heteroatoms. The number of rotatable bonds is 5. The van der Waals surface area contributed by atoms with Crippen molar-refractivity contribution < 1.29 is 22.6 Å². The molecule has 0 saturated heterocycles. The summed E-state index contributed by atoms with van der Waals surface area (Å²) in [7, 11) is 0. The summed E-state index contributed by atoms with van der Waals surface area (Å²) in [5.74, 6) is 1.87. The minimum atomic E-state index is 0. The van der Waals surface area contributed by atoms with Gasteiger partial charge in [-0.15, -0.1) is 10.2 Å². The number of halogens is 1. The van der Waals surface area contributed by atoms with Crippen LogP contribution in [0, 0.1) is 19.8 Å². The van der Waals surface area contributed by atoms with Gasteiger partial charge in [0.2, 0.25) is 0 Å². The minimum absolute atomic E-state index is 0. The highest BCUT2D eigenvalue weighted by Crippen LogP contribution is 2.25. The Balaban J connectivity index is 0.00000220. The average molecular weight is 328 g/mol. The van der Waals surface area contributed by atoms with Crippen LogP contribution in [0.15, 0.2) is 27.8 Å². The largest absolute Gasteiger partial charge is 1.00 e. The van der Waals surface area contributed by atoms with Crippen molar-refractivity contribution in [1.29, 1.82) is 0 Å². The molecule has 2 rings (SSSR count). The number of thioether (sulfide) groups is 1. The third kappa shape index (κ3) is 4.73. The van der Waals surface area contributed by atoms with Gasteiger partial charge in [0, 0.05) is 11.7 Å². The molecule has 1 aromatic carbocycles. The number of aryl methyl sites for hydroxylation is 2. The highest BCUT2D eigenvalue weighted by atomic mass is 35.5. The Morgan fingerprint density at radius 2 is 1.95 bits per heavy atom. The van der Waals surface area contributed by atoms with E-state index in [-0.39, 0.29) is 18.4 Å². The molecule has 0 aliphatic carbocycles. The second kappa shape index (κ2) is 7.82. The van der Waals surface area contributed by atoms with Crippen molar-refractivity contribution in [3.63, 3.8) is 0 Å². The SMILES string of the molecule is Cc1ccc(C)c(CSc2nnc([C@@H]([NH3+])C(C)C)o2)c1.[Cl-]. The smallest absolute Gasteiger partial charge is 0.277 e. The summed E-state index contributed by atoms with van der Waals surface area (Å²) in [5, 5.41) is 8.80. The Hall–Kier alpha value is -1.04. The van der Waals surface area contributed by atoms with Gasteiger partial charge in [-0.05, 0) is 25.0 Å². The number of benzene rings is 1. The third-order valence-electron chi connectivity index (χ3n) is 3.40. The molecule has 0 saturated carbocycles. The predicted molar refractivity (Wildman–Crippen MR) is 80.2 cm³/mol. The van der Waals surface area contributed by atoms with E-state index in [9.17, 15) is 0 Å². The average Bonchev–Trinajstić information content (AvgIpc) is 2.87. The van der Waals surface area contributed by atoms with Crippen molar-refractivity contribution in [3.8, 4) is 0 Å². The summed E-state index contributed by atoms with van der Waals surface area (Å²) in [4.78, 5) is 0.